The normalized spacial score (nSPS) is 12.4. The molecule has 1 aliphatic rings. The SMILES string of the molecule is O=C(NO)c1ccccc1-c1cc(C(F)(F)F)cc2c1C=Nc1ccccc1O2. The van der Waals surface area contributed by atoms with Crippen LogP contribution in [0.1, 0.15) is 21.5 Å². The fourth-order valence-corrected chi connectivity index (χ4v) is 3.11. The molecule has 0 spiro atoms. The number of aliphatic imine (C=N–C) groups is 1. The van der Waals surface area contributed by atoms with Gasteiger partial charge in [-0.05, 0) is 41.5 Å². The average Bonchev–Trinajstić information content (AvgIpc) is 2.91. The lowest BCUT2D eigenvalue weighted by molar-refractivity contribution is -0.137. The number of amides is 1. The first kappa shape index (κ1) is 18.7. The molecule has 2 N–H and O–H groups in total. The fraction of sp³-hybridized carbons (Fsp3) is 0.0476. The first-order valence-electron chi connectivity index (χ1n) is 8.48. The minimum atomic E-state index is -4.63. The van der Waals surface area contributed by atoms with E-state index in [1.807, 2.05) is 0 Å². The van der Waals surface area contributed by atoms with Crippen molar-refractivity contribution >= 4 is 17.8 Å². The van der Waals surface area contributed by atoms with Gasteiger partial charge in [0.1, 0.15) is 11.4 Å². The quantitative estimate of drug-likeness (QED) is 0.353. The second-order valence-corrected chi connectivity index (χ2v) is 6.25. The van der Waals surface area contributed by atoms with Gasteiger partial charge in [0.05, 0.1) is 5.56 Å². The predicted molar refractivity (Wildman–Crippen MR) is 99.9 cm³/mol. The number of benzene rings is 3. The average molecular weight is 398 g/mol. The molecule has 0 aliphatic carbocycles. The molecule has 146 valence electrons. The van der Waals surface area contributed by atoms with Gasteiger partial charge in [0.2, 0.25) is 0 Å². The van der Waals surface area contributed by atoms with Crippen molar-refractivity contribution in [1.82, 2.24) is 5.48 Å². The first-order chi connectivity index (χ1) is 13.9. The van der Waals surface area contributed by atoms with E-state index in [2.05, 4.69) is 4.99 Å². The fourth-order valence-electron chi connectivity index (χ4n) is 3.11. The number of nitrogens with one attached hydrogen (secondary N) is 1. The summed E-state index contributed by atoms with van der Waals surface area (Å²) in [6.07, 6.45) is -3.23. The van der Waals surface area contributed by atoms with Crippen LogP contribution in [-0.2, 0) is 6.18 Å². The lowest BCUT2D eigenvalue weighted by Crippen LogP contribution is -2.19. The van der Waals surface area contributed by atoms with E-state index in [1.54, 1.807) is 36.4 Å². The molecular weight excluding hydrogens is 385 g/mol. The van der Waals surface area contributed by atoms with Crippen molar-refractivity contribution in [2.24, 2.45) is 4.99 Å². The summed E-state index contributed by atoms with van der Waals surface area (Å²) < 4.78 is 46.5. The molecule has 3 aromatic rings. The number of rotatable bonds is 2. The van der Waals surface area contributed by atoms with Crippen LogP contribution in [0.3, 0.4) is 0 Å². The van der Waals surface area contributed by atoms with Gasteiger partial charge in [0.25, 0.3) is 5.91 Å². The first-order valence-corrected chi connectivity index (χ1v) is 8.48. The van der Waals surface area contributed by atoms with E-state index in [9.17, 15) is 18.0 Å². The third kappa shape index (κ3) is 3.45. The molecule has 0 fully saturated rings. The largest absolute Gasteiger partial charge is 0.454 e. The van der Waals surface area contributed by atoms with Crippen LogP contribution in [0.15, 0.2) is 65.7 Å². The van der Waals surface area contributed by atoms with E-state index in [1.165, 1.54) is 23.8 Å². The standard InChI is InChI=1S/C21H13F3N2O3/c22-21(23,24)12-9-15(13-5-1-2-6-14(13)20(27)26-28)16-11-25-17-7-3-4-8-18(17)29-19(16)10-12/h1-11,28H,(H,26,27). The highest BCUT2D eigenvalue weighted by Crippen LogP contribution is 2.43. The number of fused-ring (bicyclic) bond motifs is 2. The zero-order valence-electron chi connectivity index (χ0n) is 14.7. The summed E-state index contributed by atoms with van der Waals surface area (Å²) in [5.74, 6) is -0.571. The highest BCUT2D eigenvalue weighted by atomic mass is 19.4. The molecule has 0 saturated carbocycles. The molecule has 0 aromatic heterocycles. The van der Waals surface area contributed by atoms with Crippen molar-refractivity contribution in [2.45, 2.75) is 6.18 Å². The van der Waals surface area contributed by atoms with Gasteiger partial charge in [-0.25, -0.2) is 5.48 Å². The number of ether oxygens (including phenoxy) is 1. The maximum absolute atomic E-state index is 13.6. The van der Waals surface area contributed by atoms with Crippen LogP contribution in [0.2, 0.25) is 0 Å². The second kappa shape index (κ2) is 7.06. The minimum Gasteiger partial charge on any atom is -0.454 e. The van der Waals surface area contributed by atoms with E-state index < -0.39 is 17.6 Å². The van der Waals surface area contributed by atoms with Gasteiger partial charge in [-0.3, -0.25) is 15.0 Å². The van der Waals surface area contributed by atoms with Gasteiger partial charge >= 0.3 is 6.18 Å². The summed E-state index contributed by atoms with van der Waals surface area (Å²) in [5.41, 5.74) is 1.64. The summed E-state index contributed by atoms with van der Waals surface area (Å²) in [6.45, 7) is 0. The molecule has 0 radical (unpaired) electrons. The molecule has 8 heteroatoms. The summed E-state index contributed by atoms with van der Waals surface area (Å²) >= 11 is 0. The Morgan fingerprint density at radius 2 is 1.69 bits per heavy atom. The van der Waals surface area contributed by atoms with E-state index in [0.29, 0.717) is 11.4 Å². The molecule has 4 rings (SSSR count). The second-order valence-electron chi connectivity index (χ2n) is 6.25. The van der Waals surface area contributed by atoms with Crippen LogP contribution in [-0.4, -0.2) is 17.3 Å². The van der Waals surface area contributed by atoms with Gasteiger partial charge in [0, 0.05) is 17.3 Å². The zero-order chi connectivity index (χ0) is 20.6. The van der Waals surface area contributed by atoms with E-state index in [0.717, 1.165) is 12.1 Å². The van der Waals surface area contributed by atoms with E-state index >= 15 is 0 Å². The van der Waals surface area contributed by atoms with Crippen LogP contribution in [0.25, 0.3) is 11.1 Å². The smallest absolute Gasteiger partial charge is 0.416 e. The van der Waals surface area contributed by atoms with Crippen molar-refractivity contribution in [1.29, 1.82) is 0 Å². The van der Waals surface area contributed by atoms with Crippen molar-refractivity contribution in [3.05, 3.63) is 77.4 Å². The van der Waals surface area contributed by atoms with Crippen LogP contribution >= 0.6 is 0 Å². The third-order valence-electron chi connectivity index (χ3n) is 4.45. The zero-order valence-corrected chi connectivity index (χ0v) is 14.7. The molecule has 1 amide bonds. The van der Waals surface area contributed by atoms with E-state index in [4.69, 9.17) is 9.94 Å². The highest BCUT2D eigenvalue weighted by Gasteiger charge is 2.33. The van der Waals surface area contributed by atoms with Crippen LogP contribution < -0.4 is 10.2 Å². The molecule has 0 saturated heterocycles. The van der Waals surface area contributed by atoms with E-state index in [-0.39, 0.29) is 28.0 Å². The number of hydroxylamine groups is 1. The number of halogens is 3. The number of carbonyl (C=O) groups is 1. The summed E-state index contributed by atoms with van der Waals surface area (Å²) in [4.78, 5) is 16.4. The number of hydrogen-bond acceptors (Lipinski definition) is 4. The molecule has 0 bridgehead atoms. The lowest BCUT2D eigenvalue weighted by Gasteiger charge is -2.17. The summed E-state index contributed by atoms with van der Waals surface area (Å²) in [5, 5.41) is 9.01. The van der Waals surface area contributed by atoms with Crippen molar-refractivity contribution in [3.63, 3.8) is 0 Å². The molecule has 0 unspecified atom stereocenters. The maximum Gasteiger partial charge on any atom is 0.416 e. The molecule has 3 aromatic carbocycles. The van der Waals surface area contributed by atoms with Crippen LogP contribution in [0.5, 0.6) is 11.5 Å². The molecule has 29 heavy (non-hydrogen) atoms. The Bertz CT molecular complexity index is 1140. The van der Waals surface area contributed by atoms with Gasteiger partial charge in [-0.2, -0.15) is 13.2 Å². The predicted octanol–water partition coefficient (Wildman–Crippen LogP) is 5.35. The Morgan fingerprint density at radius 3 is 2.45 bits per heavy atom. The molecular formula is C21H13F3N2O3. The number of para-hydroxylation sites is 2. The number of nitrogens with zero attached hydrogens (tertiary/aromatic N) is 1. The Morgan fingerprint density at radius 1 is 0.966 bits per heavy atom. The third-order valence-corrected chi connectivity index (χ3v) is 4.45. The van der Waals surface area contributed by atoms with Crippen LogP contribution in [0.4, 0.5) is 18.9 Å². The monoisotopic (exact) mass is 398 g/mol. The number of carbonyl (C=O) groups excluding carboxylic acids is 1. The van der Waals surface area contributed by atoms with Crippen molar-refractivity contribution in [3.8, 4) is 22.6 Å². The topological polar surface area (TPSA) is 70.9 Å². The van der Waals surface area contributed by atoms with Gasteiger partial charge in [0.15, 0.2) is 5.75 Å². The minimum absolute atomic E-state index is 0.00619. The van der Waals surface area contributed by atoms with Crippen LogP contribution in [0, 0.1) is 0 Å². The lowest BCUT2D eigenvalue weighted by atomic mass is 9.93. The number of alkyl halides is 3. The summed E-state index contributed by atoms with van der Waals surface area (Å²) in [6, 6.07) is 14.6. The molecule has 1 heterocycles. The Kier molecular flexibility index (Phi) is 4.56. The maximum atomic E-state index is 13.6. The molecule has 5 nitrogen and oxygen atoms in total. The van der Waals surface area contributed by atoms with Gasteiger partial charge < -0.3 is 4.74 Å². The Labute approximate surface area is 163 Å². The summed E-state index contributed by atoms with van der Waals surface area (Å²) in [7, 11) is 0. The van der Waals surface area contributed by atoms with Crippen molar-refractivity contribution < 1.29 is 27.9 Å². The number of hydrogen-bond donors (Lipinski definition) is 2. The Balaban J connectivity index is 2.01. The highest BCUT2D eigenvalue weighted by molar-refractivity contribution is 6.04. The van der Waals surface area contributed by atoms with Gasteiger partial charge in [-0.15, -0.1) is 0 Å². The Hall–Kier alpha value is -3.65. The molecule has 0 atom stereocenters. The van der Waals surface area contributed by atoms with Gasteiger partial charge in [-0.1, -0.05) is 30.3 Å². The van der Waals surface area contributed by atoms with Crippen molar-refractivity contribution in [2.75, 3.05) is 0 Å². The molecule has 1 aliphatic heterocycles.